The van der Waals surface area contributed by atoms with Crippen LogP contribution in [0.1, 0.15) is 34.0 Å². The van der Waals surface area contributed by atoms with Gasteiger partial charge in [-0.05, 0) is 74.2 Å². The molecule has 31 heavy (non-hydrogen) atoms. The number of hydrogen-bond acceptors (Lipinski definition) is 3. The van der Waals surface area contributed by atoms with E-state index in [1.165, 1.54) is 5.56 Å². The zero-order valence-electron chi connectivity index (χ0n) is 18.1. The topological polar surface area (TPSA) is 67.4 Å². The lowest BCUT2D eigenvalue weighted by Crippen LogP contribution is -2.30. The fourth-order valence-electron chi connectivity index (χ4n) is 3.13. The molecule has 0 spiro atoms. The standard InChI is InChI=1S/C26H28N2O3/c1-18-8-7-11-24(19(18)2)28-25(29)20(3)31-23-14-12-22(13-15-23)26(30)27-17-16-21-9-5-4-6-10-21/h4-15,20H,16-17H2,1-3H3,(H,27,30)(H,28,29)/t20-/m0/s1. The molecule has 0 bridgehead atoms. The van der Waals surface area contributed by atoms with E-state index in [1.807, 2.05) is 62.4 Å². The van der Waals surface area contributed by atoms with E-state index >= 15 is 0 Å². The zero-order chi connectivity index (χ0) is 22.2. The van der Waals surface area contributed by atoms with Gasteiger partial charge < -0.3 is 15.4 Å². The highest BCUT2D eigenvalue weighted by Gasteiger charge is 2.16. The van der Waals surface area contributed by atoms with Crippen molar-refractivity contribution in [1.29, 1.82) is 0 Å². The van der Waals surface area contributed by atoms with Gasteiger partial charge in [0.25, 0.3) is 11.8 Å². The summed E-state index contributed by atoms with van der Waals surface area (Å²) in [6.45, 7) is 6.24. The van der Waals surface area contributed by atoms with Gasteiger partial charge in [-0.25, -0.2) is 0 Å². The van der Waals surface area contributed by atoms with E-state index in [1.54, 1.807) is 31.2 Å². The summed E-state index contributed by atoms with van der Waals surface area (Å²) in [4.78, 5) is 24.8. The molecule has 5 heteroatoms. The van der Waals surface area contributed by atoms with Crippen LogP contribution in [0.5, 0.6) is 5.75 Å². The molecule has 0 saturated carbocycles. The Morgan fingerprint density at radius 3 is 2.32 bits per heavy atom. The molecule has 2 amide bonds. The number of carbonyl (C=O) groups is 2. The third kappa shape index (κ3) is 6.19. The first-order valence-corrected chi connectivity index (χ1v) is 10.4. The molecule has 0 aliphatic rings. The molecule has 160 valence electrons. The highest BCUT2D eigenvalue weighted by molar-refractivity contribution is 5.95. The molecule has 0 saturated heterocycles. The Morgan fingerprint density at radius 1 is 0.903 bits per heavy atom. The summed E-state index contributed by atoms with van der Waals surface area (Å²) in [5.74, 6) is 0.170. The first-order valence-electron chi connectivity index (χ1n) is 10.4. The van der Waals surface area contributed by atoms with E-state index < -0.39 is 6.10 Å². The Morgan fingerprint density at radius 2 is 1.61 bits per heavy atom. The summed E-state index contributed by atoms with van der Waals surface area (Å²) >= 11 is 0. The van der Waals surface area contributed by atoms with E-state index in [2.05, 4.69) is 10.6 Å². The molecule has 3 rings (SSSR count). The Hall–Kier alpha value is -3.60. The Kier molecular flexibility index (Phi) is 7.44. The van der Waals surface area contributed by atoms with Crippen molar-refractivity contribution >= 4 is 17.5 Å². The molecular weight excluding hydrogens is 388 g/mol. The minimum atomic E-state index is -0.675. The van der Waals surface area contributed by atoms with Gasteiger partial charge in [-0.15, -0.1) is 0 Å². The fourth-order valence-corrected chi connectivity index (χ4v) is 3.13. The molecule has 3 aromatic carbocycles. The molecule has 0 fully saturated rings. The van der Waals surface area contributed by atoms with Gasteiger partial charge in [0.1, 0.15) is 5.75 Å². The molecular formula is C26H28N2O3. The molecule has 0 radical (unpaired) electrons. The maximum atomic E-state index is 12.5. The number of nitrogens with one attached hydrogen (secondary N) is 2. The van der Waals surface area contributed by atoms with Crippen LogP contribution in [0.4, 0.5) is 5.69 Å². The summed E-state index contributed by atoms with van der Waals surface area (Å²) in [5, 5.41) is 5.83. The van der Waals surface area contributed by atoms with Crippen molar-refractivity contribution in [2.75, 3.05) is 11.9 Å². The lowest BCUT2D eigenvalue weighted by molar-refractivity contribution is -0.122. The molecule has 0 heterocycles. The van der Waals surface area contributed by atoms with Gasteiger partial charge in [0.15, 0.2) is 6.10 Å². The second kappa shape index (κ2) is 10.4. The second-order valence-corrected chi connectivity index (χ2v) is 7.51. The summed E-state index contributed by atoms with van der Waals surface area (Å²) in [5.41, 5.74) is 4.66. The molecule has 5 nitrogen and oxygen atoms in total. The molecule has 0 unspecified atom stereocenters. The number of rotatable bonds is 8. The van der Waals surface area contributed by atoms with Gasteiger partial charge >= 0.3 is 0 Å². The number of carbonyl (C=O) groups excluding carboxylic acids is 2. The van der Waals surface area contributed by atoms with E-state index in [0.29, 0.717) is 17.9 Å². The number of hydrogen-bond donors (Lipinski definition) is 2. The van der Waals surface area contributed by atoms with Crippen molar-refractivity contribution in [2.45, 2.75) is 33.3 Å². The van der Waals surface area contributed by atoms with Crippen molar-refractivity contribution in [1.82, 2.24) is 5.32 Å². The Labute approximate surface area is 183 Å². The molecule has 0 aliphatic carbocycles. The minimum absolute atomic E-state index is 0.136. The lowest BCUT2D eigenvalue weighted by Gasteiger charge is -2.16. The summed E-state index contributed by atoms with van der Waals surface area (Å²) in [6, 6.07) is 22.6. The van der Waals surface area contributed by atoms with Crippen molar-refractivity contribution in [2.24, 2.45) is 0 Å². The van der Waals surface area contributed by atoms with Crippen LogP contribution in [0.3, 0.4) is 0 Å². The lowest BCUT2D eigenvalue weighted by atomic mass is 10.1. The third-order valence-corrected chi connectivity index (χ3v) is 5.20. The molecule has 0 aromatic heterocycles. The smallest absolute Gasteiger partial charge is 0.265 e. The Bertz CT molecular complexity index is 1030. The van der Waals surface area contributed by atoms with E-state index in [9.17, 15) is 9.59 Å². The van der Waals surface area contributed by atoms with Gasteiger partial charge in [-0.1, -0.05) is 42.5 Å². The van der Waals surface area contributed by atoms with Gasteiger partial charge in [0.2, 0.25) is 0 Å². The van der Waals surface area contributed by atoms with Gasteiger partial charge in [-0.3, -0.25) is 9.59 Å². The van der Waals surface area contributed by atoms with Crippen LogP contribution in [0.25, 0.3) is 0 Å². The predicted octanol–water partition coefficient (Wildman–Crippen LogP) is 4.68. The highest BCUT2D eigenvalue weighted by Crippen LogP contribution is 2.19. The fraction of sp³-hybridized carbons (Fsp3) is 0.231. The van der Waals surface area contributed by atoms with Crippen molar-refractivity contribution in [3.63, 3.8) is 0 Å². The quantitative estimate of drug-likeness (QED) is 0.560. The molecule has 1 atom stereocenters. The summed E-state index contributed by atoms with van der Waals surface area (Å²) < 4.78 is 5.75. The van der Waals surface area contributed by atoms with Crippen LogP contribution in [-0.2, 0) is 11.2 Å². The first kappa shape index (κ1) is 22.1. The normalized spacial score (nSPS) is 11.5. The third-order valence-electron chi connectivity index (χ3n) is 5.20. The van der Waals surface area contributed by atoms with Crippen molar-refractivity contribution in [3.05, 3.63) is 95.1 Å². The highest BCUT2D eigenvalue weighted by atomic mass is 16.5. The van der Waals surface area contributed by atoms with Crippen LogP contribution in [0, 0.1) is 13.8 Å². The molecule has 2 N–H and O–H groups in total. The number of anilines is 1. The number of amides is 2. The summed E-state index contributed by atoms with van der Waals surface area (Å²) in [7, 11) is 0. The zero-order valence-corrected chi connectivity index (χ0v) is 18.1. The van der Waals surface area contributed by atoms with Gasteiger partial charge in [0, 0.05) is 17.8 Å². The van der Waals surface area contributed by atoms with Crippen LogP contribution in [0.2, 0.25) is 0 Å². The monoisotopic (exact) mass is 416 g/mol. The largest absolute Gasteiger partial charge is 0.481 e. The maximum absolute atomic E-state index is 12.5. The first-order chi connectivity index (χ1) is 14.9. The van der Waals surface area contributed by atoms with Gasteiger partial charge in [-0.2, -0.15) is 0 Å². The van der Waals surface area contributed by atoms with Crippen molar-refractivity contribution < 1.29 is 14.3 Å². The second-order valence-electron chi connectivity index (χ2n) is 7.51. The van der Waals surface area contributed by atoms with E-state index in [-0.39, 0.29) is 11.8 Å². The molecule has 0 aliphatic heterocycles. The average Bonchev–Trinajstić information content (AvgIpc) is 2.78. The minimum Gasteiger partial charge on any atom is -0.481 e. The van der Waals surface area contributed by atoms with Crippen LogP contribution in [-0.4, -0.2) is 24.5 Å². The van der Waals surface area contributed by atoms with E-state index in [4.69, 9.17) is 4.74 Å². The summed E-state index contributed by atoms with van der Waals surface area (Å²) in [6.07, 6.45) is 0.103. The van der Waals surface area contributed by atoms with Crippen LogP contribution in [0.15, 0.2) is 72.8 Å². The number of aryl methyl sites for hydroxylation is 1. The van der Waals surface area contributed by atoms with Crippen LogP contribution >= 0.6 is 0 Å². The average molecular weight is 417 g/mol. The Balaban J connectivity index is 1.50. The predicted molar refractivity (Wildman–Crippen MR) is 124 cm³/mol. The SMILES string of the molecule is Cc1cccc(NC(=O)[C@H](C)Oc2ccc(C(=O)NCCc3ccccc3)cc2)c1C. The van der Waals surface area contributed by atoms with Gasteiger partial charge in [0.05, 0.1) is 0 Å². The maximum Gasteiger partial charge on any atom is 0.265 e. The van der Waals surface area contributed by atoms with Crippen LogP contribution < -0.4 is 15.4 Å². The molecule has 3 aromatic rings. The number of benzene rings is 3. The van der Waals surface area contributed by atoms with E-state index in [0.717, 1.165) is 23.2 Å². The van der Waals surface area contributed by atoms with Crippen molar-refractivity contribution in [3.8, 4) is 5.75 Å². The number of ether oxygens (including phenoxy) is 1.